The van der Waals surface area contributed by atoms with Gasteiger partial charge in [0, 0.05) is 17.3 Å². The van der Waals surface area contributed by atoms with Crippen LogP contribution in [0.5, 0.6) is 5.88 Å². The summed E-state index contributed by atoms with van der Waals surface area (Å²) in [7, 11) is 0. The first-order valence-corrected chi connectivity index (χ1v) is 8.62. The number of furan rings is 1. The summed E-state index contributed by atoms with van der Waals surface area (Å²) in [4.78, 5) is 8.51. The van der Waals surface area contributed by atoms with Gasteiger partial charge in [0.2, 0.25) is 11.7 Å². The Hall–Kier alpha value is -3.74. The highest BCUT2D eigenvalue weighted by Gasteiger charge is 2.16. The maximum Gasteiger partial charge on any atom is 0.221 e. The third-order valence-corrected chi connectivity index (χ3v) is 4.62. The minimum Gasteiger partial charge on any atom is -0.493 e. The second-order valence-electron chi connectivity index (χ2n) is 6.11. The number of fused-ring (bicyclic) bond motifs is 4. The van der Waals surface area contributed by atoms with Crippen LogP contribution < -0.4 is 0 Å². The van der Waals surface area contributed by atoms with Crippen molar-refractivity contribution in [3.05, 3.63) is 54.9 Å². The van der Waals surface area contributed by atoms with Gasteiger partial charge in [0.05, 0.1) is 5.52 Å². The molecule has 5 rings (SSSR count). The summed E-state index contributed by atoms with van der Waals surface area (Å²) in [6, 6.07) is 15.3. The number of azo groups is 1. The lowest BCUT2D eigenvalue weighted by molar-refractivity contribution is 0.427. The molecule has 27 heavy (non-hydrogen) atoms. The first-order valence-electron chi connectivity index (χ1n) is 8.62. The number of nitrogens with zero attached hydrogens (tertiary/aromatic N) is 5. The van der Waals surface area contributed by atoms with Crippen LogP contribution in [0.25, 0.3) is 33.0 Å². The molecule has 0 bridgehead atoms. The zero-order valence-corrected chi connectivity index (χ0v) is 14.5. The number of aromatic hydroxyl groups is 1. The number of aromatic nitrogens is 3. The van der Waals surface area contributed by atoms with E-state index in [-0.39, 0.29) is 5.88 Å². The Morgan fingerprint density at radius 1 is 1.00 bits per heavy atom. The second-order valence-corrected chi connectivity index (χ2v) is 6.11. The molecule has 0 amide bonds. The monoisotopic (exact) mass is 357 g/mol. The van der Waals surface area contributed by atoms with Gasteiger partial charge < -0.3 is 14.1 Å². The van der Waals surface area contributed by atoms with E-state index in [0.717, 1.165) is 21.9 Å². The molecular weight excluding hydrogens is 342 g/mol. The van der Waals surface area contributed by atoms with E-state index in [9.17, 15) is 5.11 Å². The number of rotatable bonds is 3. The largest absolute Gasteiger partial charge is 0.493 e. The van der Waals surface area contributed by atoms with Crippen LogP contribution in [0.2, 0.25) is 0 Å². The van der Waals surface area contributed by atoms with Crippen LogP contribution in [0.3, 0.4) is 0 Å². The zero-order valence-electron chi connectivity index (χ0n) is 14.5. The summed E-state index contributed by atoms with van der Waals surface area (Å²) < 4.78 is 7.66. The average molecular weight is 357 g/mol. The average Bonchev–Trinajstić information content (AvgIpc) is 3.21. The van der Waals surface area contributed by atoms with Crippen LogP contribution in [0.1, 0.15) is 6.92 Å². The molecule has 0 atom stereocenters. The molecule has 0 unspecified atom stereocenters. The van der Waals surface area contributed by atoms with Crippen molar-refractivity contribution in [3.63, 3.8) is 0 Å². The first-order chi connectivity index (χ1) is 13.3. The van der Waals surface area contributed by atoms with E-state index in [1.165, 1.54) is 6.33 Å². The summed E-state index contributed by atoms with van der Waals surface area (Å²) in [5.74, 6) is 0.404. The topological polar surface area (TPSA) is 88.8 Å². The van der Waals surface area contributed by atoms with Crippen LogP contribution in [-0.2, 0) is 6.54 Å². The lowest BCUT2D eigenvalue weighted by Crippen LogP contribution is -1.91. The molecule has 7 heteroatoms. The standard InChI is InChI=1S/C20H15N5O2/c1-2-25-14-9-5-3-7-12(14)17(20(25)26)23-24-19-18-16(21-11-22-19)13-8-4-6-10-15(13)27-18/h3-11,26H,2H2,1H3. The molecule has 0 aliphatic rings. The first kappa shape index (κ1) is 15.5. The molecule has 0 saturated heterocycles. The van der Waals surface area contributed by atoms with Gasteiger partial charge in [-0.2, -0.15) is 0 Å². The summed E-state index contributed by atoms with van der Waals surface area (Å²) >= 11 is 0. The molecular formula is C20H15N5O2. The highest BCUT2D eigenvalue weighted by molar-refractivity contribution is 6.05. The molecule has 1 N–H and O–H groups in total. The van der Waals surface area contributed by atoms with Crippen molar-refractivity contribution in [1.82, 2.24) is 14.5 Å². The Bertz CT molecular complexity index is 1330. The number of aryl methyl sites for hydroxylation is 1. The molecule has 0 radical (unpaired) electrons. The molecule has 132 valence electrons. The van der Waals surface area contributed by atoms with E-state index in [0.29, 0.717) is 29.1 Å². The fourth-order valence-corrected chi connectivity index (χ4v) is 3.37. The van der Waals surface area contributed by atoms with Crippen molar-refractivity contribution in [2.45, 2.75) is 13.5 Å². The Kier molecular flexibility index (Phi) is 3.39. The Morgan fingerprint density at radius 2 is 1.78 bits per heavy atom. The van der Waals surface area contributed by atoms with Gasteiger partial charge in [-0.05, 0) is 25.1 Å². The predicted octanol–water partition coefficient (Wildman–Crippen LogP) is 5.47. The van der Waals surface area contributed by atoms with Crippen LogP contribution >= 0.6 is 0 Å². The van der Waals surface area contributed by atoms with Gasteiger partial charge in [-0.25, -0.2) is 9.97 Å². The molecule has 0 aliphatic carbocycles. The number of hydrogen-bond donors (Lipinski definition) is 1. The second kappa shape index (κ2) is 5.91. The van der Waals surface area contributed by atoms with Gasteiger partial charge in [0.1, 0.15) is 17.4 Å². The van der Waals surface area contributed by atoms with Gasteiger partial charge in [-0.1, -0.05) is 30.3 Å². The molecule has 0 spiro atoms. The highest BCUT2D eigenvalue weighted by Crippen LogP contribution is 2.40. The van der Waals surface area contributed by atoms with Gasteiger partial charge >= 0.3 is 0 Å². The molecule has 3 heterocycles. The Balaban J connectivity index is 1.69. The van der Waals surface area contributed by atoms with Gasteiger partial charge in [-0.15, -0.1) is 10.2 Å². The summed E-state index contributed by atoms with van der Waals surface area (Å²) in [6.45, 7) is 2.60. The van der Waals surface area contributed by atoms with Crippen molar-refractivity contribution in [2.75, 3.05) is 0 Å². The van der Waals surface area contributed by atoms with E-state index in [1.54, 1.807) is 4.57 Å². The Morgan fingerprint density at radius 3 is 2.63 bits per heavy atom. The van der Waals surface area contributed by atoms with Crippen LogP contribution in [0.15, 0.2) is 69.5 Å². The Labute approximate surface area is 153 Å². The lowest BCUT2D eigenvalue weighted by Gasteiger charge is -2.00. The number of para-hydroxylation sites is 2. The van der Waals surface area contributed by atoms with E-state index in [2.05, 4.69) is 20.2 Å². The van der Waals surface area contributed by atoms with E-state index in [1.807, 2.05) is 55.5 Å². The van der Waals surface area contributed by atoms with E-state index < -0.39 is 0 Å². The van der Waals surface area contributed by atoms with E-state index >= 15 is 0 Å². The third kappa shape index (κ3) is 2.28. The van der Waals surface area contributed by atoms with Gasteiger partial charge in [0.15, 0.2) is 11.3 Å². The fraction of sp³-hybridized carbons (Fsp3) is 0.100. The quantitative estimate of drug-likeness (QED) is 0.433. The molecule has 3 aromatic heterocycles. The summed E-state index contributed by atoms with van der Waals surface area (Å²) in [5.41, 5.74) is 3.20. The number of benzene rings is 2. The summed E-state index contributed by atoms with van der Waals surface area (Å²) in [5, 5.41) is 20.9. The molecule has 0 aliphatic heterocycles. The van der Waals surface area contributed by atoms with Crippen molar-refractivity contribution in [3.8, 4) is 5.88 Å². The minimum absolute atomic E-state index is 0.0809. The maximum absolute atomic E-state index is 10.6. The van der Waals surface area contributed by atoms with Crippen LogP contribution in [0.4, 0.5) is 11.5 Å². The molecule has 0 saturated carbocycles. The van der Waals surface area contributed by atoms with Gasteiger partial charge in [0.25, 0.3) is 0 Å². The molecule has 5 aromatic rings. The van der Waals surface area contributed by atoms with Crippen molar-refractivity contribution in [1.29, 1.82) is 0 Å². The predicted molar refractivity (Wildman–Crippen MR) is 103 cm³/mol. The molecule has 7 nitrogen and oxygen atoms in total. The summed E-state index contributed by atoms with van der Waals surface area (Å²) in [6.07, 6.45) is 1.44. The van der Waals surface area contributed by atoms with Crippen LogP contribution in [0, 0.1) is 0 Å². The minimum atomic E-state index is 0.0809. The zero-order chi connectivity index (χ0) is 18.4. The normalized spacial score (nSPS) is 12.0. The highest BCUT2D eigenvalue weighted by atomic mass is 16.3. The maximum atomic E-state index is 10.6. The van der Waals surface area contributed by atoms with E-state index in [4.69, 9.17) is 4.42 Å². The van der Waals surface area contributed by atoms with Crippen molar-refractivity contribution >= 4 is 44.5 Å². The third-order valence-electron chi connectivity index (χ3n) is 4.62. The SMILES string of the molecule is CCn1c(O)c(N=Nc2ncnc3c2oc2ccccc23)c2ccccc21. The van der Waals surface area contributed by atoms with Crippen LogP contribution in [-0.4, -0.2) is 19.6 Å². The molecule has 2 aromatic carbocycles. The lowest BCUT2D eigenvalue weighted by atomic mass is 10.2. The van der Waals surface area contributed by atoms with Crippen molar-refractivity contribution in [2.24, 2.45) is 10.2 Å². The smallest absolute Gasteiger partial charge is 0.221 e. The van der Waals surface area contributed by atoms with Crippen molar-refractivity contribution < 1.29 is 9.52 Å². The molecule has 0 fully saturated rings. The number of hydrogen-bond acceptors (Lipinski definition) is 6. The fourth-order valence-electron chi connectivity index (χ4n) is 3.37. The van der Waals surface area contributed by atoms with Gasteiger partial charge in [-0.3, -0.25) is 0 Å².